The Morgan fingerprint density at radius 3 is 2.38 bits per heavy atom. The number of hydrogen-bond acceptors (Lipinski definition) is 3. The zero-order chi connectivity index (χ0) is 12.0. The number of nitrogens with zero attached hydrogens (tertiary/aromatic N) is 1. The summed E-state index contributed by atoms with van der Waals surface area (Å²) in [5, 5.41) is 2.00. The van der Waals surface area contributed by atoms with Crippen molar-refractivity contribution < 1.29 is 4.74 Å². The first-order valence-electron chi connectivity index (χ1n) is 5.68. The van der Waals surface area contributed by atoms with E-state index in [2.05, 4.69) is 24.5 Å². The van der Waals surface area contributed by atoms with E-state index in [0.29, 0.717) is 6.04 Å². The summed E-state index contributed by atoms with van der Waals surface area (Å²) in [6, 6.07) is 8.78. The third kappa shape index (κ3) is 4.64. The van der Waals surface area contributed by atoms with Crippen molar-refractivity contribution >= 4 is 0 Å². The fraction of sp³-hybridized carbons (Fsp3) is 0.538. The summed E-state index contributed by atoms with van der Waals surface area (Å²) >= 11 is 0. The normalized spacial score (nSPS) is 12.8. The number of hydrazine groups is 1. The molecule has 1 rings (SSSR count). The van der Waals surface area contributed by atoms with Gasteiger partial charge in [-0.1, -0.05) is 12.1 Å². The van der Waals surface area contributed by atoms with E-state index in [9.17, 15) is 0 Å². The second-order valence-corrected chi connectivity index (χ2v) is 4.31. The standard InChI is InChI=1S/C13H22N2O/c1-11(14-15(2)3)5-6-12-7-9-13(16-4)10-8-12/h7-11,14H,5-6H2,1-4H3. The van der Waals surface area contributed by atoms with Gasteiger partial charge in [-0.25, -0.2) is 0 Å². The molecule has 1 aromatic rings. The molecule has 0 aliphatic heterocycles. The number of methoxy groups -OCH3 is 1. The van der Waals surface area contributed by atoms with Crippen LogP contribution >= 0.6 is 0 Å². The van der Waals surface area contributed by atoms with Crippen LogP contribution in [0.15, 0.2) is 24.3 Å². The molecule has 0 radical (unpaired) electrons. The summed E-state index contributed by atoms with van der Waals surface area (Å²) in [7, 11) is 5.73. The van der Waals surface area contributed by atoms with Crippen molar-refractivity contribution in [1.29, 1.82) is 0 Å². The maximum absolute atomic E-state index is 5.13. The third-order valence-corrected chi connectivity index (χ3v) is 2.50. The third-order valence-electron chi connectivity index (χ3n) is 2.50. The highest BCUT2D eigenvalue weighted by atomic mass is 16.5. The molecule has 0 bridgehead atoms. The molecule has 3 nitrogen and oxygen atoms in total. The average Bonchev–Trinajstić information content (AvgIpc) is 2.26. The second kappa shape index (κ2) is 6.51. The quantitative estimate of drug-likeness (QED) is 0.746. The van der Waals surface area contributed by atoms with Crippen LogP contribution in [0.25, 0.3) is 0 Å². The zero-order valence-electron chi connectivity index (χ0n) is 10.7. The molecule has 0 spiro atoms. The van der Waals surface area contributed by atoms with Crippen molar-refractivity contribution in [3.63, 3.8) is 0 Å². The van der Waals surface area contributed by atoms with Crippen LogP contribution in [0.5, 0.6) is 5.75 Å². The fourth-order valence-electron chi connectivity index (χ4n) is 1.68. The Morgan fingerprint density at radius 1 is 1.25 bits per heavy atom. The van der Waals surface area contributed by atoms with E-state index in [1.54, 1.807) is 7.11 Å². The maximum atomic E-state index is 5.13. The van der Waals surface area contributed by atoms with Crippen LogP contribution in [-0.4, -0.2) is 32.3 Å². The molecule has 0 amide bonds. The van der Waals surface area contributed by atoms with Crippen LogP contribution in [0.1, 0.15) is 18.9 Å². The number of ether oxygens (including phenoxy) is 1. The lowest BCUT2D eigenvalue weighted by atomic mass is 10.1. The lowest BCUT2D eigenvalue weighted by molar-refractivity contribution is 0.243. The largest absolute Gasteiger partial charge is 0.497 e. The van der Waals surface area contributed by atoms with E-state index < -0.39 is 0 Å². The Balaban J connectivity index is 2.36. The minimum absolute atomic E-state index is 0.497. The Labute approximate surface area is 98.4 Å². The minimum Gasteiger partial charge on any atom is -0.497 e. The van der Waals surface area contributed by atoms with Gasteiger partial charge in [0.05, 0.1) is 7.11 Å². The van der Waals surface area contributed by atoms with Gasteiger partial charge in [0.25, 0.3) is 0 Å². The van der Waals surface area contributed by atoms with E-state index in [0.717, 1.165) is 18.6 Å². The second-order valence-electron chi connectivity index (χ2n) is 4.31. The van der Waals surface area contributed by atoms with Crippen LogP contribution in [0.2, 0.25) is 0 Å². The van der Waals surface area contributed by atoms with Crippen molar-refractivity contribution in [3.8, 4) is 5.75 Å². The molecule has 1 unspecified atom stereocenters. The van der Waals surface area contributed by atoms with Gasteiger partial charge in [0.15, 0.2) is 0 Å². The summed E-state index contributed by atoms with van der Waals surface area (Å²) in [6.45, 7) is 2.20. The molecule has 0 aromatic heterocycles. The smallest absolute Gasteiger partial charge is 0.118 e. The van der Waals surface area contributed by atoms with Gasteiger partial charge in [-0.05, 0) is 37.5 Å². The Morgan fingerprint density at radius 2 is 1.88 bits per heavy atom. The molecule has 0 saturated heterocycles. The predicted octanol–water partition coefficient (Wildman–Crippen LogP) is 2.08. The molecule has 16 heavy (non-hydrogen) atoms. The minimum atomic E-state index is 0.497. The molecular weight excluding hydrogens is 200 g/mol. The van der Waals surface area contributed by atoms with E-state index in [1.807, 2.05) is 31.2 Å². The Hall–Kier alpha value is -1.06. The van der Waals surface area contributed by atoms with E-state index in [-0.39, 0.29) is 0 Å². The molecule has 90 valence electrons. The number of rotatable bonds is 6. The van der Waals surface area contributed by atoms with Gasteiger partial charge < -0.3 is 4.74 Å². The first-order valence-corrected chi connectivity index (χ1v) is 5.68. The van der Waals surface area contributed by atoms with Crippen LogP contribution in [0, 0.1) is 0 Å². The summed E-state index contributed by atoms with van der Waals surface area (Å²) in [4.78, 5) is 0. The highest BCUT2D eigenvalue weighted by Crippen LogP contribution is 2.13. The van der Waals surface area contributed by atoms with Gasteiger partial charge in [-0.15, -0.1) is 0 Å². The monoisotopic (exact) mass is 222 g/mol. The summed E-state index contributed by atoms with van der Waals surface area (Å²) in [5.74, 6) is 0.920. The number of nitrogens with one attached hydrogen (secondary N) is 1. The van der Waals surface area contributed by atoms with E-state index >= 15 is 0 Å². The molecule has 1 atom stereocenters. The van der Waals surface area contributed by atoms with Crippen molar-refractivity contribution in [2.75, 3.05) is 21.2 Å². The highest BCUT2D eigenvalue weighted by Gasteiger charge is 2.02. The lowest BCUT2D eigenvalue weighted by Crippen LogP contribution is -2.38. The molecule has 0 saturated carbocycles. The van der Waals surface area contributed by atoms with Gasteiger partial charge in [-0.2, -0.15) is 0 Å². The topological polar surface area (TPSA) is 24.5 Å². The molecule has 0 fully saturated rings. The first-order chi connectivity index (χ1) is 7.61. The molecular formula is C13H22N2O. The van der Waals surface area contributed by atoms with Crippen molar-refractivity contribution in [2.45, 2.75) is 25.8 Å². The lowest BCUT2D eigenvalue weighted by Gasteiger charge is -2.19. The molecule has 1 aromatic carbocycles. The van der Waals surface area contributed by atoms with Gasteiger partial charge in [-0.3, -0.25) is 10.4 Å². The molecule has 0 aliphatic carbocycles. The van der Waals surface area contributed by atoms with Crippen LogP contribution < -0.4 is 10.2 Å². The SMILES string of the molecule is COc1ccc(CCC(C)NN(C)C)cc1. The Bertz CT molecular complexity index is 295. The maximum Gasteiger partial charge on any atom is 0.118 e. The highest BCUT2D eigenvalue weighted by molar-refractivity contribution is 5.27. The van der Waals surface area contributed by atoms with Crippen LogP contribution in [-0.2, 0) is 6.42 Å². The molecule has 3 heteroatoms. The fourth-order valence-corrected chi connectivity index (χ4v) is 1.68. The number of hydrogen-bond donors (Lipinski definition) is 1. The van der Waals surface area contributed by atoms with Crippen LogP contribution in [0.3, 0.4) is 0 Å². The molecule has 0 heterocycles. The zero-order valence-corrected chi connectivity index (χ0v) is 10.7. The van der Waals surface area contributed by atoms with Crippen molar-refractivity contribution in [3.05, 3.63) is 29.8 Å². The van der Waals surface area contributed by atoms with Gasteiger partial charge in [0, 0.05) is 20.1 Å². The summed E-state index contributed by atoms with van der Waals surface area (Å²) in [6.07, 6.45) is 2.22. The molecule has 0 aliphatic rings. The number of benzene rings is 1. The molecule has 1 N–H and O–H groups in total. The Kier molecular flexibility index (Phi) is 5.29. The summed E-state index contributed by atoms with van der Waals surface area (Å²) < 4.78 is 5.13. The van der Waals surface area contributed by atoms with E-state index in [4.69, 9.17) is 4.74 Å². The van der Waals surface area contributed by atoms with Gasteiger partial charge in [0.2, 0.25) is 0 Å². The van der Waals surface area contributed by atoms with Crippen molar-refractivity contribution in [1.82, 2.24) is 10.4 Å². The summed E-state index contributed by atoms with van der Waals surface area (Å²) in [5.41, 5.74) is 4.70. The number of aryl methyl sites for hydroxylation is 1. The van der Waals surface area contributed by atoms with Crippen LogP contribution in [0.4, 0.5) is 0 Å². The van der Waals surface area contributed by atoms with E-state index in [1.165, 1.54) is 5.56 Å². The van der Waals surface area contributed by atoms with Crippen molar-refractivity contribution in [2.24, 2.45) is 0 Å². The first kappa shape index (κ1) is 13.0. The predicted molar refractivity (Wildman–Crippen MR) is 67.6 cm³/mol. The average molecular weight is 222 g/mol. The van der Waals surface area contributed by atoms with Gasteiger partial charge in [0.1, 0.15) is 5.75 Å². The van der Waals surface area contributed by atoms with Gasteiger partial charge >= 0.3 is 0 Å².